The molecule has 2 heterocycles. The van der Waals surface area contributed by atoms with E-state index in [0.29, 0.717) is 23.7 Å². The summed E-state index contributed by atoms with van der Waals surface area (Å²) < 4.78 is 0. The summed E-state index contributed by atoms with van der Waals surface area (Å²) in [4.78, 5) is 10.7. The first-order valence-corrected chi connectivity index (χ1v) is 23.7. The molecule has 0 bridgehead atoms. The molecule has 4 heteroatoms. The number of anilines is 8. The molecule has 0 radical (unpaired) electrons. The molecular weight excluding hydrogens is 753 g/mol. The Hall–Kier alpha value is -5.48. The van der Waals surface area contributed by atoms with Gasteiger partial charge >= 0.3 is 0 Å². The molecule has 6 aromatic carbocycles. The van der Waals surface area contributed by atoms with Crippen LogP contribution in [0.1, 0.15) is 149 Å². The van der Waals surface area contributed by atoms with Gasteiger partial charge in [-0.05, 0) is 194 Å². The third-order valence-electron chi connectivity index (χ3n) is 15.0. The third kappa shape index (κ3) is 7.69. The van der Waals surface area contributed by atoms with Crippen LogP contribution in [-0.2, 0) is 0 Å². The fourth-order valence-corrected chi connectivity index (χ4v) is 9.64. The van der Waals surface area contributed by atoms with Crippen LogP contribution in [0.2, 0.25) is 0 Å². The molecule has 0 saturated carbocycles. The van der Waals surface area contributed by atoms with Crippen molar-refractivity contribution in [1.82, 2.24) is 0 Å². The largest absolute Gasteiger partial charge is 0.314 e. The van der Waals surface area contributed by atoms with Gasteiger partial charge in [-0.3, -0.25) is 0 Å². The molecule has 0 amide bonds. The van der Waals surface area contributed by atoms with Gasteiger partial charge in [-0.2, -0.15) is 0 Å². The van der Waals surface area contributed by atoms with E-state index in [1.54, 1.807) is 0 Å². The number of benzene rings is 6. The van der Waals surface area contributed by atoms with Gasteiger partial charge in [0, 0.05) is 22.7 Å². The van der Waals surface area contributed by atoms with Crippen molar-refractivity contribution in [3.05, 3.63) is 166 Å². The van der Waals surface area contributed by atoms with Gasteiger partial charge < -0.3 is 19.6 Å². The van der Waals surface area contributed by atoms with Crippen LogP contribution in [0.15, 0.2) is 121 Å². The second kappa shape index (κ2) is 17.7. The molecule has 0 N–H and O–H groups in total. The number of rotatable bonds is 13. The molecule has 8 rings (SSSR count). The molecule has 0 aromatic heterocycles. The molecule has 2 aliphatic rings. The average molecular weight is 823 g/mol. The molecule has 4 unspecified atom stereocenters. The van der Waals surface area contributed by atoms with Crippen molar-refractivity contribution in [3.63, 3.8) is 0 Å². The number of nitrogens with zero attached hydrogens (tertiary/aromatic N) is 4. The van der Waals surface area contributed by atoms with Gasteiger partial charge in [0.05, 0.1) is 22.7 Å². The van der Waals surface area contributed by atoms with Gasteiger partial charge in [0.1, 0.15) is 0 Å². The van der Waals surface area contributed by atoms with E-state index in [4.69, 9.17) is 0 Å². The highest BCUT2D eigenvalue weighted by atomic mass is 15.5. The summed E-state index contributed by atoms with van der Waals surface area (Å²) in [6, 6.07) is 47.8. The summed E-state index contributed by atoms with van der Waals surface area (Å²) in [5.74, 6) is 1.98. The minimum atomic E-state index is -0.188. The highest BCUT2D eigenvalue weighted by Gasteiger charge is 2.52. The Morgan fingerprint density at radius 1 is 0.323 bits per heavy atom. The summed E-state index contributed by atoms with van der Waals surface area (Å²) in [5, 5.41) is 0. The van der Waals surface area contributed by atoms with Gasteiger partial charge in [0.15, 0.2) is 12.3 Å². The van der Waals surface area contributed by atoms with Crippen LogP contribution in [0.25, 0.3) is 0 Å². The maximum absolute atomic E-state index is 2.67. The van der Waals surface area contributed by atoms with Gasteiger partial charge in [0.2, 0.25) is 0 Å². The van der Waals surface area contributed by atoms with E-state index in [-0.39, 0.29) is 12.3 Å². The van der Waals surface area contributed by atoms with Crippen LogP contribution in [0.5, 0.6) is 0 Å². The van der Waals surface area contributed by atoms with E-state index in [0.717, 1.165) is 25.7 Å². The van der Waals surface area contributed by atoms with Gasteiger partial charge in [0.25, 0.3) is 0 Å². The molecule has 0 aliphatic carbocycles. The third-order valence-corrected chi connectivity index (χ3v) is 15.0. The summed E-state index contributed by atoms with van der Waals surface area (Å²) in [5.41, 5.74) is 20.5. The van der Waals surface area contributed by atoms with E-state index in [2.05, 4.69) is 224 Å². The smallest absolute Gasteiger partial charge is 0.151 e. The topological polar surface area (TPSA) is 13.0 Å². The number of hydrogen-bond donors (Lipinski definition) is 0. The first-order chi connectivity index (χ1) is 29.9. The van der Waals surface area contributed by atoms with Crippen molar-refractivity contribution in [2.45, 2.75) is 145 Å². The molecule has 6 aromatic rings. The van der Waals surface area contributed by atoms with Crippen molar-refractivity contribution < 1.29 is 0 Å². The van der Waals surface area contributed by atoms with E-state index in [1.807, 2.05) is 0 Å². The maximum atomic E-state index is 2.67. The zero-order valence-corrected chi connectivity index (χ0v) is 39.6. The minimum Gasteiger partial charge on any atom is -0.314 e. The standard InChI is InChI=1S/C58H70N4/c1-13-37(5)45-17-25-49(26-18-45)59-53-33-41(9)42(10)34-54(53)60(50-27-19-46(20-28-50)38(6)14-2)57(59)58-61(51-29-21-47(22-30-51)39(7)15-3)55-35-43(11)44(12)36-56(55)62(58)52-31-23-48(24-32-52)40(8)16-4/h17-40,57-58H,13-16H2,1-12H3. The zero-order valence-electron chi connectivity index (χ0n) is 39.6. The van der Waals surface area contributed by atoms with Crippen molar-refractivity contribution in [3.8, 4) is 0 Å². The SMILES string of the molecule is CCC(C)c1ccc(N2c3cc(C)c(C)cc3N(c3ccc(C(C)CC)cc3)C2C2N(c3ccc(C(C)CC)cc3)c3cc(C)c(C)cc3N2c2ccc(C(C)CC)cc2)cc1. The maximum Gasteiger partial charge on any atom is 0.151 e. The molecule has 4 atom stereocenters. The highest BCUT2D eigenvalue weighted by Crippen LogP contribution is 2.57. The summed E-state index contributed by atoms with van der Waals surface area (Å²) >= 11 is 0. The Kier molecular flexibility index (Phi) is 12.3. The highest BCUT2D eigenvalue weighted by molar-refractivity contribution is 5.95. The Balaban J connectivity index is 1.44. The van der Waals surface area contributed by atoms with Crippen LogP contribution in [0, 0.1) is 27.7 Å². The first-order valence-electron chi connectivity index (χ1n) is 23.7. The number of fused-ring (bicyclic) bond motifs is 2. The Bertz CT molecular complexity index is 2130. The lowest BCUT2D eigenvalue weighted by Gasteiger charge is -2.44. The molecule has 62 heavy (non-hydrogen) atoms. The van der Waals surface area contributed by atoms with Crippen molar-refractivity contribution in [2.75, 3.05) is 19.6 Å². The Morgan fingerprint density at radius 2 is 0.500 bits per heavy atom. The normalized spacial score (nSPS) is 17.9. The lowest BCUT2D eigenvalue weighted by Crippen LogP contribution is -2.58. The number of hydrogen-bond acceptors (Lipinski definition) is 4. The lowest BCUT2D eigenvalue weighted by molar-refractivity contribution is 0.549. The fourth-order valence-electron chi connectivity index (χ4n) is 9.64. The predicted octanol–water partition coefficient (Wildman–Crippen LogP) is 16.9. The van der Waals surface area contributed by atoms with E-state index in [9.17, 15) is 0 Å². The molecule has 2 aliphatic heterocycles. The number of aryl methyl sites for hydroxylation is 4. The van der Waals surface area contributed by atoms with Gasteiger partial charge in [-0.25, -0.2) is 0 Å². The van der Waals surface area contributed by atoms with Gasteiger partial charge in [-0.15, -0.1) is 0 Å². The second-order valence-corrected chi connectivity index (χ2v) is 18.8. The fraction of sp³-hybridized carbons (Fsp3) is 0.379. The summed E-state index contributed by atoms with van der Waals surface area (Å²) in [6.07, 6.45) is 4.08. The average Bonchev–Trinajstić information content (AvgIpc) is 3.79. The molecular formula is C58H70N4. The predicted molar refractivity (Wildman–Crippen MR) is 269 cm³/mol. The van der Waals surface area contributed by atoms with E-state index < -0.39 is 0 Å². The van der Waals surface area contributed by atoms with Crippen molar-refractivity contribution in [2.24, 2.45) is 0 Å². The Morgan fingerprint density at radius 3 is 0.661 bits per heavy atom. The monoisotopic (exact) mass is 823 g/mol. The first kappa shape index (κ1) is 43.2. The molecule has 322 valence electrons. The van der Waals surface area contributed by atoms with Crippen LogP contribution in [0.4, 0.5) is 45.5 Å². The van der Waals surface area contributed by atoms with E-state index >= 15 is 0 Å². The van der Waals surface area contributed by atoms with Crippen molar-refractivity contribution >= 4 is 45.5 Å². The molecule has 4 nitrogen and oxygen atoms in total. The zero-order chi connectivity index (χ0) is 44.0. The van der Waals surface area contributed by atoms with Crippen LogP contribution in [-0.4, -0.2) is 12.3 Å². The molecule has 0 fully saturated rings. The summed E-state index contributed by atoms with van der Waals surface area (Å²) in [6.45, 7) is 27.6. The van der Waals surface area contributed by atoms with Crippen LogP contribution in [0.3, 0.4) is 0 Å². The Labute approximate surface area is 374 Å². The quantitative estimate of drug-likeness (QED) is 0.115. The lowest BCUT2D eigenvalue weighted by atomic mass is 9.98. The molecule has 0 spiro atoms. The minimum absolute atomic E-state index is 0.188. The second-order valence-electron chi connectivity index (χ2n) is 18.8. The van der Waals surface area contributed by atoms with Gasteiger partial charge in [-0.1, -0.05) is 104 Å². The summed E-state index contributed by atoms with van der Waals surface area (Å²) in [7, 11) is 0. The van der Waals surface area contributed by atoms with Crippen molar-refractivity contribution in [1.29, 1.82) is 0 Å². The van der Waals surface area contributed by atoms with E-state index in [1.165, 1.54) is 90.0 Å². The van der Waals surface area contributed by atoms with Crippen LogP contribution < -0.4 is 19.6 Å². The molecule has 0 saturated heterocycles. The van der Waals surface area contributed by atoms with Crippen LogP contribution >= 0.6 is 0 Å².